The number of hydrogen-bond acceptors (Lipinski definition) is 6. The summed E-state index contributed by atoms with van der Waals surface area (Å²) < 4.78 is 16.2. The van der Waals surface area contributed by atoms with Crippen molar-refractivity contribution in [3.63, 3.8) is 0 Å². The van der Waals surface area contributed by atoms with Crippen LogP contribution in [0.5, 0.6) is 5.75 Å². The summed E-state index contributed by atoms with van der Waals surface area (Å²) >= 11 is 0. The largest absolute Gasteiger partial charge is 0.496 e. The first-order valence-corrected chi connectivity index (χ1v) is 9.84. The van der Waals surface area contributed by atoms with Crippen LogP contribution in [-0.2, 0) is 16.1 Å². The SMILES string of the molecule is COc1ccccc1-c1noc(COC(=O)C2C3CC4CC(C3)CC2C4)n1. The molecule has 1 aromatic carbocycles. The molecular formula is C21H24N2O4. The van der Waals surface area contributed by atoms with Crippen LogP contribution < -0.4 is 4.74 Å². The molecule has 0 atom stereocenters. The van der Waals surface area contributed by atoms with Crippen molar-refractivity contribution in [1.29, 1.82) is 0 Å². The van der Waals surface area contributed by atoms with E-state index in [1.807, 2.05) is 24.3 Å². The quantitative estimate of drug-likeness (QED) is 0.746. The van der Waals surface area contributed by atoms with E-state index in [1.54, 1.807) is 7.11 Å². The topological polar surface area (TPSA) is 74.5 Å². The second-order valence-corrected chi connectivity index (χ2v) is 8.28. The zero-order valence-corrected chi connectivity index (χ0v) is 15.5. The number of carbonyl (C=O) groups is 1. The fourth-order valence-electron chi connectivity index (χ4n) is 5.79. The van der Waals surface area contributed by atoms with Crippen LogP contribution >= 0.6 is 0 Å². The Morgan fingerprint density at radius 2 is 1.81 bits per heavy atom. The third-order valence-electron chi connectivity index (χ3n) is 6.65. The summed E-state index contributed by atoms with van der Waals surface area (Å²) in [6.45, 7) is 0.0315. The van der Waals surface area contributed by atoms with Gasteiger partial charge in [-0.25, -0.2) is 0 Å². The molecule has 0 N–H and O–H groups in total. The molecule has 0 unspecified atom stereocenters. The van der Waals surface area contributed by atoms with Crippen LogP contribution in [0.1, 0.15) is 38.0 Å². The maximum atomic E-state index is 12.8. The highest BCUT2D eigenvalue weighted by Gasteiger charge is 2.51. The van der Waals surface area contributed by atoms with Crippen molar-refractivity contribution in [3.8, 4) is 17.1 Å². The number of benzene rings is 1. The molecule has 0 amide bonds. The molecular weight excluding hydrogens is 344 g/mol. The van der Waals surface area contributed by atoms with Crippen molar-refractivity contribution in [2.75, 3.05) is 7.11 Å². The molecule has 2 aromatic rings. The number of hydrogen-bond donors (Lipinski definition) is 0. The second-order valence-electron chi connectivity index (χ2n) is 8.28. The van der Waals surface area contributed by atoms with Gasteiger partial charge in [-0.2, -0.15) is 4.98 Å². The van der Waals surface area contributed by atoms with Gasteiger partial charge in [-0.3, -0.25) is 4.79 Å². The molecule has 4 aliphatic carbocycles. The predicted octanol–water partition coefficient (Wildman–Crippen LogP) is 3.86. The Labute approximate surface area is 158 Å². The van der Waals surface area contributed by atoms with Crippen LogP contribution in [-0.4, -0.2) is 23.2 Å². The van der Waals surface area contributed by atoms with E-state index in [-0.39, 0.29) is 18.5 Å². The maximum absolute atomic E-state index is 12.8. The van der Waals surface area contributed by atoms with Crippen LogP contribution in [0.2, 0.25) is 0 Å². The van der Waals surface area contributed by atoms with Gasteiger partial charge >= 0.3 is 5.97 Å². The monoisotopic (exact) mass is 368 g/mol. The van der Waals surface area contributed by atoms with Crippen LogP contribution in [0.15, 0.2) is 28.8 Å². The van der Waals surface area contributed by atoms with Crippen molar-refractivity contribution in [2.24, 2.45) is 29.6 Å². The molecule has 6 nitrogen and oxygen atoms in total. The van der Waals surface area contributed by atoms with Crippen molar-refractivity contribution < 1.29 is 18.8 Å². The molecule has 142 valence electrons. The molecule has 4 aliphatic rings. The van der Waals surface area contributed by atoms with Gasteiger partial charge in [0, 0.05) is 0 Å². The number of methoxy groups -OCH3 is 1. The first kappa shape index (κ1) is 16.8. The van der Waals surface area contributed by atoms with Gasteiger partial charge < -0.3 is 14.0 Å². The van der Waals surface area contributed by atoms with Gasteiger partial charge in [-0.05, 0) is 67.9 Å². The van der Waals surface area contributed by atoms with Crippen molar-refractivity contribution >= 4 is 5.97 Å². The summed E-state index contributed by atoms with van der Waals surface area (Å²) in [4.78, 5) is 17.1. The van der Waals surface area contributed by atoms with Crippen LogP contribution in [0.25, 0.3) is 11.4 Å². The molecule has 4 saturated carbocycles. The molecule has 6 rings (SSSR count). The minimum atomic E-state index is -0.0826. The molecule has 27 heavy (non-hydrogen) atoms. The van der Waals surface area contributed by atoms with Gasteiger partial charge in [0.2, 0.25) is 5.82 Å². The summed E-state index contributed by atoms with van der Waals surface area (Å²) in [6, 6.07) is 7.49. The first-order chi connectivity index (χ1) is 13.2. The summed E-state index contributed by atoms with van der Waals surface area (Å²) in [6.07, 6.45) is 6.18. The smallest absolute Gasteiger partial charge is 0.310 e. The first-order valence-electron chi connectivity index (χ1n) is 9.84. The number of para-hydroxylation sites is 1. The van der Waals surface area contributed by atoms with E-state index in [0.29, 0.717) is 29.3 Å². The van der Waals surface area contributed by atoms with Gasteiger partial charge in [-0.1, -0.05) is 17.3 Å². The molecule has 0 radical (unpaired) electrons. The van der Waals surface area contributed by atoms with E-state index >= 15 is 0 Å². The van der Waals surface area contributed by atoms with Crippen LogP contribution in [0, 0.1) is 29.6 Å². The number of rotatable bonds is 5. The van der Waals surface area contributed by atoms with Gasteiger partial charge in [0.15, 0.2) is 6.61 Å². The zero-order chi connectivity index (χ0) is 18.4. The maximum Gasteiger partial charge on any atom is 0.310 e. The highest BCUT2D eigenvalue weighted by molar-refractivity contribution is 5.73. The van der Waals surface area contributed by atoms with E-state index in [0.717, 1.165) is 17.4 Å². The summed E-state index contributed by atoms with van der Waals surface area (Å²) in [5.74, 6) is 4.12. The fourth-order valence-corrected chi connectivity index (χ4v) is 5.79. The number of ether oxygens (including phenoxy) is 2. The van der Waals surface area contributed by atoms with Crippen molar-refractivity contribution in [2.45, 2.75) is 38.7 Å². The Balaban J connectivity index is 1.25. The van der Waals surface area contributed by atoms with E-state index in [1.165, 1.54) is 32.1 Å². The molecule has 4 bridgehead atoms. The van der Waals surface area contributed by atoms with Gasteiger partial charge in [0.05, 0.1) is 18.6 Å². The zero-order valence-electron chi connectivity index (χ0n) is 15.5. The Hall–Kier alpha value is -2.37. The van der Waals surface area contributed by atoms with Crippen LogP contribution in [0.4, 0.5) is 0 Å². The standard InChI is InChI=1S/C21H24N2O4/c1-25-17-5-3-2-4-16(17)20-22-18(27-23-20)11-26-21(24)19-14-7-12-6-13(9-14)10-15(19)8-12/h2-5,12-15,19H,6-11H2,1H3. The lowest BCUT2D eigenvalue weighted by atomic mass is 9.52. The molecule has 0 aliphatic heterocycles. The minimum absolute atomic E-state index is 0.0315. The number of aromatic nitrogens is 2. The van der Waals surface area contributed by atoms with Gasteiger partial charge in [-0.15, -0.1) is 0 Å². The Morgan fingerprint density at radius 1 is 1.11 bits per heavy atom. The third-order valence-corrected chi connectivity index (χ3v) is 6.65. The predicted molar refractivity (Wildman–Crippen MR) is 96.6 cm³/mol. The second kappa shape index (κ2) is 6.66. The molecule has 1 heterocycles. The third kappa shape index (κ3) is 3.01. The number of esters is 1. The highest BCUT2D eigenvalue weighted by atomic mass is 16.6. The summed E-state index contributed by atoms with van der Waals surface area (Å²) in [7, 11) is 1.60. The van der Waals surface area contributed by atoms with Gasteiger partial charge in [0.1, 0.15) is 5.75 Å². The van der Waals surface area contributed by atoms with Crippen LogP contribution in [0.3, 0.4) is 0 Å². The fraction of sp³-hybridized carbons (Fsp3) is 0.571. The minimum Gasteiger partial charge on any atom is -0.496 e. The van der Waals surface area contributed by atoms with Gasteiger partial charge in [0.25, 0.3) is 5.89 Å². The van der Waals surface area contributed by atoms with E-state index in [9.17, 15) is 4.79 Å². The number of nitrogens with zero attached hydrogens (tertiary/aromatic N) is 2. The Bertz CT molecular complexity index is 818. The van der Waals surface area contributed by atoms with Crippen molar-refractivity contribution in [3.05, 3.63) is 30.2 Å². The van der Waals surface area contributed by atoms with E-state index in [2.05, 4.69) is 10.1 Å². The summed E-state index contributed by atoms with van der Waals surface area (Å²) in [5.41, 5.74) is 0.752. The lowest BCUT2D eigenvalue weighted by Gasteiger charge is -2.53. The van der Waals surface area contributed by atoms with E-state index in [4.69, 9.17) is 14.0 Å². The average molecular weight is 368 g/mol. The number of carbonyl (C=O) groups excluding carboxylic acids is 1. The Kier molecular flexibility index (Phi) is 4.14. The molecule has 4 fully saturated rings. The Morgan fingerprint density at radius 3 is 2.52 bits per heavy atom. The van der Waals surface area contributed by atoms with Crippen molar-refractivity contribution in [1.82, 2.24) is 10.1 Å². The average Bonchev–Trinajstić information content (AvgIpc) is 3.14. The molecule has 0 spiro atoms. The molecule has 0 saturated heterocycles. The molecule has 6 heteroatoms. The lowest BCUT2D eigenvalue weighted by Crippen LogP contribution is -2.48. The summed E-state index contributed by atoms with van der Waals surface area (Å²) in [5, 5.41) is 4.00. The highest BCUT2D eigenvalue weighted by Crippen LogP contribution is 2.56. The lowest BCUT2D eigenvalue weighted by molar-refractivity contribution is -0.164. The normalized spacial score (nSPS) is 31.1. The van der Waals surface area contributed by atoms with E-state index < -0.39 is 0 Å². The molecule has 1 aromatic heterocycles.